The van der Waals surface area contributed by atoms with Gasteiger partial charge in [-0.1, -0.05) is 39.5 Å². The molecule has 0 aliphatic heterocycles. The van der Waals surface area contributed by atoms with E-state index in [1.165, 1.54) is 57.9 Å². The van der Waals surface area contributed by atoms with Gasteiger partial charge in [-0.05, 0) is 68.9 Å². The van der Waals surface area contributed by atoms with Crippen molar-refractivity contribution < 1.29 is 0 Å². The van der Waals surface area contributed by atoms with Gasteiger partial charge in [0.2, 0.25) is 0 Å². The van der Waals surface area contributed by atoms with Crippen LogP contribution in [0.15, 0.2) is 0 Å². The maximum absolute atomic E-state index is 3.45. The Hall–Kier alpha value is -0.0400. The molecule has 106 valence electrons. The van der Waals surface area contributed by atoms with Crippen LogP contribution in [0.5, 0.6) is 0 Å². The van der Waals surface area contributed by atoms with Gasteiger partial charge < -0.3 is 5.32 Å². The van der Waals surface area contributed by atoms with Gasteiger partial charge in [0.15, 0.2) is 0 Å². The minimum absolute atomic E-state index is 0.969. The molecule has 0 radical (unpaired) electrons. The third kappa shape index (κ3) is 3.50. The van der Waals surface area contributed by atoms with E-state index in [4.69, 9.17) is 0 Å². The van der Waals surface area contributed by atoms with Crippen molar-refractivity contribution in [3.63, 3.8) is 0 Å². The second-order valence-electron chi connectivity index (χ2n) is 7.09. The van der Waals surface area contributed by atoms with Gasteiger partial charge in [-0.15, -0.1) is 0 Å². The van der Waals surface area contributed by atoms with Crippen LogP contribution in [0.3, 0.4) is 0 Å². The van der Waals surface area contributed by atoms with Gasteiger partial charge in [0.1, 0.15) is 0 Å². The van der Waals surface area contributed by atoms with Crippen LogP contribution in [0.25, 0.3) is 0 Å². The van der Waals surface area contributed by atoms with Crippen LogP contribution in [-0.2, 0) is 0 Å². The number of hydrogen-bond donors (Lipinski definition) is 1. The Morgan fingerprint density at radius 3 is 2.33 bits per heavy atom. The Labute approximate surface area is 114 Å². The fraction of sp³-hybridized carbons (Fsp3) is 1.00. The lowest BCUT2D eigenvalue weighted by atomic mass is 9.64. The molecule has 1 nitrogen and oxygen atoms in total. The molecule has 0 aromatic heterocycles. The minimum Gasteiger partial charge on any atom is -0.319 e. The van der Waals surface area contributed by atoms with Crippen molar-refractivity contribution in [2.24, 2.45) is 29.6 Å². The fourth-order valence-electron chi connectivity index (χ4n) is 4.54. The van der Waals surface area contributed by atoms with Crippen LogP contribution >= 0.6 is 0 Å². The quantitative estimate of drug-likeness (QED) is 0.777. The predicted molar refractivity (Wildman–Crippen MR) is 79.7 cm³/mol. The average molecular weight is 251 g/mol. The van der Waals surface area contributed by atoms with E-state index >= 15 is 0 Å². The van der Waals surface area contributed by atoms with E-state index in [0.29, 0.717) is 0 Å². The van der Waals surface area contributed by atoms with Crippen molar-refractivity contribution in [1.82, 2.24) is 5.32 Å². The number of nitrogens with one attached hydrogen (secondary N) is 1. The van der Waals surface area contributed by atoms with Crippen LogP contribution in [0, 0.1) is 29.6 Å². The Kier molecular flexibility index (Phi) is 5.54. The molecule has 2 fully saturated rings. The molecular weight excluding hydrogens is 218 g/mol. The van der Waals surface area contributed by atoms with Crippen LogP contribution in [0.1, 0.15) is 65.2 Å². The topological polar surface area (TPSA) is 12.0 Å². The Balaban J connectivity index is 1.95. The van der Waals surface area contributed by atoms with Gasteiger partial charge in [-0.2, -0.15) is 0 Å². The summed E-state index contributed by atoms with van der Waals surface area (Å²) in [5.41, 5.74) is 0. The molecule has 0 aromatic carbocycles. The van der Waals surface area contributed by atoms with E-state index in [9.17, 15) is 0 Å². The summed E-state index contributed by atoms with van der Waals surface area (Å²) in [5.74, 6) is 5.07. The molecule has 0 saturated heterocycles. The second kappa shape index (κ2) is 6.93. The van der Waals surface area contributed by atoms with Crippen LogP contribution in [0.4, 0.5) is 0 Å². The number of hydrogen-bond acceptors (Lipinski definition) is 1. The second-order valence-corrected chi connectivity index (χ2v) is 7.09. The lowest BCUT2D eigenvalue weighted by molar-refractivity contribution is 0.0857. The Morgan fingerprint density at radius 2 is 1.72 bits per heavy atom. The normalized spacial score (nSPS) is 41.8. The monoisotopic (exact) mass is 251 g/mol. The summed E-state index contributed by atoms with van der Waals surface area (Å²) in [6.45, 7) is 6.09. The molecule has 2 saturated carbocycles. The molecule has 2 aliphatic rings. The molecule has 0 heterocycles. The van der Waals surface area contributed by atoms with E-state index in [-0.39, 0.29) is 0 Å². The van der Waals surface area contributed by atoms with E-state index in [0.717, 1.165) is 29.6 Å². The van der Waals surface area contributed by atoms with Crippen molar-refractivity contribution in [3.05, 3.63) is 0 Å². The van der Waals surface area contributed by atoms with Crippen molar-refractivity contribution in [2.45, 2.75) is 65.2 Å². The van der Waals surface area contributed by atoms with Crippen molar-refractivity contribution in [3.8, 4) is 0 Å². The molecular formula is C17H33N. The summed E-state index contributed by atoms with van der Waals surface area (Å²) in [4.78, 5) is 0. The van der Waals surface area contributed by atoms with E-state index in [2.05, 4.69) is 26.2 Å². The molecule has 18 heavy (non-hydrogen) atoms. The fourth-order valence-corrected chi connectivity index (χ4v) is 4.54. The summed E-state index contributed by atoms with van der Waals surface area (Å²) >= 11 is 0. The van der Waals surface area contributed by atoms with Gasteiger partial charge in [0.05, 0.1) is 0 Å². The Bertz CT molecular complexity index is 230. The lowest BCUT2D eigenvalue weighted by Crippen LogP contribution is -2.37. The maximum Gasteiger partial charge on any atom is -0.00208 e. The molecule has 0 amide bonds. The van der Waals surface area contributed by atoms with Gasteiger partial charge in [-0.25, -0.2) is 0 Å². The van der Waals surface area contributed by atoms with Gasteiger partial charge in [-0.3, -0.25) is 0 Å². The molecule has 0 aromatic rings. The first kappa shape index (κ1) is 14.4. The first-order chi connectivity index (χ1) is 8.74. The number of rotatable bonds is 4. The first-order valence-electron chi connectivity index (χ1n) is 8.39. The highest BCUT2D eigenvalue weighted by Crippen LogP contribution is 2.44. The average Bonchev–Trinajstić information content (AvgIpc) is 2.40. The summed E-state index contributed by atoms with van der Waals surface area (Å²) in [7, 11) is 2.13. The van der Waals surface area contributed by atoms with Crippen LogP contribution in [0.2, 0.25) is 0 Å². The largest absolute Gasteiger partial charge is 0.319 e. The lowest BCUT2D eigenvalue weighted by Gasteiger charge is -2.43. The standard InChI is InChI=1S/C17H33N/c1-4-14-7-10-16(12-18-3)17(11-14)15-8-5-13(2)6-9-15/h13-18H,4-12H2,1-3H3. The highest BCUT2D eigenvalue weighted by molar-refractivity contribution is 4.87. The zero-order valence-electron chi connectivity index (χ0n) is 12.8. The van der Waals surface area contributed by atoms with Gasteiger partial charge >= 0.3 is 0 Å². The molecule has 0 bridgehead atoms. The molecule has 2 rings (SSSR count). The molecule has 2 aliphatic carbocycles. The van der Waals surface area contributed by atoms with Crippen LogP contribution in [-0.4, -0.2) is 13.6 Å². The maximum atomic E-state index is 3.45. The summed E-state index contributed by atoms with van der Waals surface area (Å²) < 4.78 is 0. The SMILES string of the molecule is CCC1CCC(CNC)C(C2CCC(C)CC2)C1. The predicted octanol–water partition coefficient (Wildman–Crippen LogP) is 4.47. The molecule has 1 heteroatoms. The van der Waals surface area contributed by atoms with E-state index < -0.39 is 0 Å². The summed E-state index contributed by atoms with van der Waals surface area (Å²) in [6, 6.07) is 0. The summed E-state index contributed by atoms with van der Waals surface area (Å²) in [5, 5.41) is 3.45. The van der Waals surface area contributed by atoms with E-state index in [1.54, 1.807) is 0 Å². The smallest absolute Gasteiger partial charge is 0.00208 e. The Morgan fingerprint density at radius 1 is 1.00 bits per heavy atom. The zero-order chi connectivity index (χ0) is 13.0. The third-order valence-corrected chi connectivity index (χ3v) is 5.87. The first-order valence-corrected chi connectivity index (χ1v) is 8.39. The van der Waals surface area contributed by atoms with Crippen LogP contribution < -0.4 is 5.32 Å². The molecule has 1 N–H and O–H groups in total. The zero-order valence-corrected chi connectivity index (χ0v) is 12.8. The molecule has 3 unspecified atom stereocenters. The molecule has 3 atom stereocenters. The van der Waals surface area contributed by atoms with Crippen molar-refractivity contribution in [1.29, 1.82) is 0 Å². The van der Waals surface area contributed by atoms with Gasteiger partial charge in [0, 0.05) is 0 Å². The van der Waals surface area contributed by atoms with Crippen molar-refractivity contribution in [2.75, 3.05) is 13.6 Å². The molecule has 0 spiro atoms. The van der Waals surface area contributed by atoms with Crippen molar-refractivity contribution >= 4 is 0 Å². The highest BCUT2D eigenvalue weighted by Gasteiger charge is 2.35. The minimum atomic E-state index is 0.969. The highest BCUT2D eigenvalue weighted by atomic mass is 14.8. The summed E-state index contributed by atoms with van der Waals surface area (Å²) in [6.07, 6.45) is 11.9. The van der Waals surface area contributed by atoms with Gasteiger partial charge in [0.25, 0.3) is 0 Å². The third-order valence-electron chi connectivity index (χ3n) is 5.87. The van der Waals surface area contributed by atoms with E-state index in [1.807, 2.05) is 0 Å².